The lowest BCUT2D eigenvalue weighted by molar-refractivity contribution is 0.322. The molecule has 0 aromatic heterocycles. The van der Waals surface area contributed by atoms with Gasteiger partial charge in [-0.25, -0.2) is 0 Å². The maximum Gasteiger partial charge on any atom is 0.315 e. The molecule has 0 amide bonds. The zero-order chi connectivity index (χ0) is 18.4. The minimum Gasteiger partial charge on any atom is -0.437 e. The summed E-state index contributed by atoms with van der Waals surface area (Å²) >= 11 is 0. The van der Waals surface area contributed by atoms with Crippen molar-refractivity contribution in [2.45, 2.75) is 143 Å². The maximum absolute atomic E-state index is 6.66. The highest BCUT2D eigenvalue weighted by Crippen LogP contribution is 2.28. The number of unbranched alkanes of at least 4 members (excludes halogenated alkanes) is 3. The van der Waals surface area contributed by atoms with Crippen LogP contribution in [0.2, 0.25) is 65.0 Å². The molecule has 0 saturated heterocycles. The smallest absolute Gasteiger partial charge is 0.315 e. The summed E-state index contributed by atoms with van der Waals surface area (Å²) in [6.45, 7) is 20.9. The van der Waals surface area contributed by atoms with E-state index in [-0.39, 0.29) is 52.0 Å². The summed E-state index contributed by atoms with van der Waals surface area (Å²) in [5.74, 6) is 0. The molecule has 8 heteroatoms. The first-order chi connectivity index (χ1) is 10.2. The van der Waals surface area contributed by atoms with E-state index < -0.39 is 33.8 Å². The summed E-state index contributed by atoms with van der Waals surface area (Å²) in [6.07, 6.45) is 4.72. The van der Waals surface area contributed by atoms with Gasteiger partial charge in [0.2, 0.25) is 0 Å². The first-order valence-corrected chi connectivity index (χ1v) is 21.1. The van der Waals surface area contributed by atoms with Gasteiger partial charge in [0.1, 0.15) is 0 Å². The Labute approximate surface area is 200 Å². The zero-order valence-corrected chi connectivity index (χ0v) is 21.0. The molecule has 0 saturated carbocycles. The summed E-state index contributed by atoms with van der Waals surface area (Å²) in [4.78, 5) is 0. The van der Waals surface area contributed by atoms with Gasteiger partial charge < -0.3 is 18.1 Å². The van der Waals surface area contributed by atoms with E-state index >= 15 is 0 Å². The van der Waals surface area contributed by atoms with Crippen LogP contribution in [0.1, 0.15) is 77.7 Å². The van der Waals surface area contributed by atoms with Crippen molar-refractivity contribution < 1.29 is 12.3 Å². The second-order valence-corrected chi connectivity index (χ2v) is 25.5. The average molecular weight is 508 g/mol. The van der Waals surface area contributed by atoms with Crippen molar-refractivity contribution in [3.63, 3.8) is 0 Å². The van der Waals surface area contributed by atoms with Crippen molar-refractivity contribution in [1.29, 1.82) is 0 Å². The molecule has 0 rings (SSSR count). The van der Waals surface area contributed by atoms with E-state index in [2.05, 4.69) is 58.9 Å². The summed E-state index contributed by atoms with van der Waals surface area (Å²) in [7, 11) is -7.57. The molecule has 196 valence electrons. The summed E-state index contributed by atoms with van der Waals surface area (Å²) < 4.78 is 19.6. The highest BCUT2D eigenvalue weighted by atomic mass is 28.5. The monoisotopic (exact) mass is 507 g/mol. The van der Waals surface area contributed by atoms with Gasteiger partial charge in [0.25, 0.3) is 0 Å². The van der Waals surface area contributed by atoms with Crippen LogP contribution < -0.4 is 5.73 Å². The van der Waals surface area contributed by atoms with E-state index in [1.807, 2.05) is 0 Å². The van der Waals surface area contributed by atoms with Crippen LogP contribution in [-0.2, 0) is 12.3 Å². The lowest BCUT2D eigenvalue weighted by Gasteiger charge is -2.41. The lowest BCUT2D eigenvalue weighted by atomic mass is 10.2. The van der Waals surface area contributed by atoms with Crippen molar-refractivity contribution in [3.05, 3.63) is 0 Å². The zero-order valence-electron chi connectivity index (χ0n) is 17.0. The minimum absolute atomic E-state index is 0. The standard InChI is InChI=1S/C15H41NO3Si4.7CH4/c1-20(2,3)17-22(7,8)19-23(9,18-21(4,5)6)15-13-11-10-12-14-16;;;;;;;/h10-16H2,1-9H3;7*1H4. The third kappa shape index (κ3) is 30.9. The minimum atomic E-state index is -2.19. The predicted molar refractivity (Wildman–Crippen MR) is 158 cm³/mol. The highest BCUT2D eigenvalue weighted by Gasteiger charge is 2.43. The Hall–Kier alpha value is 0.708. The number of hydrogen-bond donors (Lipinski definition) is 1. The third-order valence-electron chi connectivity index (χ3n) is 3.12. The SMILES string of the molecule is C.C.C.C.C.C.C.C[Si](C)(C)O[Si](C)(C)O[Si](C)(CCCCCCN)O[Si](C)(C)C. The molecule has 2 N–H and O–H groups in total. The van der Waals surface area contributed by atoms with Crippen LogP contribution in [0.3, 0.4) is 0 Å². The highest BCUT2D eigenvalue weighted by molar-refractivity contribution is 6.89. The molecule has 0 heterocycles. The normalized spacial score (nSPS) is 12.6. The van der Waals surface area contributed by atoms with E-state index in [9.17, 15) is 0 Å². The maximum atomic E-state index is 6.66. The van der Waals surface area contributed by atoms with Gasteiger partial charge in [0.05, 0.1) is 0 Å². The van der Waals surface area contributed by atoms with Crippen molar-refractivity contribution in [2.24, 2.45) is 5.73 Å². The van der Waals surface area contributed by atoms with Crippen LogP contribution in [0.5, 0.6) is 0 Å². The van der Waals surface area contributed by atoms with Gasteiger partial charge in [-0.15, -0.1) is 0 Å². The van der Waals surface area contributed by atoms with Gasteiger partial charge in [0, 0.05) is 0 Å². The Morgan fingerprint density at radius 1 is 0.500 bits per heavy atom. The number of rotatable bonds is 12. The fourth-order valence-corrected chi connectivity index (χ4v) is 21.0. The average Bonchev–Trinajstić information content (AvgIpc) is 2.20. The Morgan fingerprint density at radius 2 is 0.867 bits per heavy atom. The molecule has 0 aromatic rings. The molecule has 0 aromatic carbocycles. The van der Waals surface area contributed by atoms with E-state index in [4.69, 9.17) is 18.1 Å². The van der Waals surface area contributed by atoms with Crippen molar-refractivity contribution in [3.8, 4) is 0 Å². The second-order valence-electron chi connectivity index (χ2n) is 9.02. The van der Waals surface area contributed by atoms with Gasteiger partial charge in [-0.2, -0.15) is 0 Å². The second kappa shape index (κ2) is 21.5. The van der Waals surface area contributed by atoms with Gasteiger partial charge in [0.15, 0.2) is 16.6 Å². The van der Waals surface area contributed by atoms with Gasteiger partial charge in [-0.05, 0) is 77.9 Å². The van der Waals surface area contributed by atoms with Crippen LogP contribution in [0.4, 0.5) is 0 Å². The summed E-state index contributed by atoms with van der Waals surface area (Å²) in [5, 5.41) is 0. The molecule has 0 aliphatic carbocycles. The molecule has 1 unspecified atom stereocenters. The van der Waals surface area contributed by atoms with Crippen LogP contribution >= 0.6 is 0 Å². The Bertz CT molecular complexity index is 346. The fourth-order valence-electron chi connectivity index (χ4n) is 2.99. The number of nitrogens with two attached hydrogens (primary N) is 1. The predicted octanol–water partition coefficient (Wildman–Crippen LogP) is 9.45. The summed E-state index contributed by atoms with van der Waals surface area (Å²) in [5.41, 5.74) is 5.58. The Morgan fingerprint density at radius 3 is 1.20 bits per heavy atom. The molecule has 4 nitrogen and oxygen atoms in total. The van der Waals surface area contributed by atoms with E-state index in [1.54, 1.807) is 0 Å². The van der Waals surface area contributed by atoms with Crippen LogP contribution in [0, 0.1) is 0 Å². The topological polar surface area (TPSA) is 53.7 Å². The van der Waals surface area contributed by atoms with Crippen molar-refractivity contribution >= 4 is 33.8 Å². The molecule has 0 radical (unpaired) electrons. The quantitative estimate of drug-likeness (QED) is 0.211. The van der Waals surface area contributed by atoms with Crippen LogP contribution in [0.15, 0.2) is 0 Å². The van der Waals surface area contributed by atoms with Gasteiger partial charge in [-0.1, -0.05) is 71.2 Å². The molecule has 0 spiro atoms. The van der Waals surface area contributed by atoms with Gasteiger partial charge >= 0.3 is 17.1 Å². The first-order valence-electron chi connectivity index (χ1n) is 8.99. The molecule has 0 aliphatic heterocycles. The third-order valence-corrected chi connectivity index (χ3v) is 16.7. The van der Waals surface area contributed by atoms with Crippen LogP contribution in [0.25, 0.3) is 0 Å². The molecular formula is C22H69NO3Si4. The lowest BCUT2D eigenvalue weighted by Crippen LogP contribution is -2.56. The largest absolute Gasteiger partial charge is 0.437 e. The molecular weight excluding hydrogens is 439 g/mol. The Kier molecular flexibility index (Phi) is 37.8. The Balaban J connectivity index is -0.000000115. The van der Waals surface area contributed by atoms with E-state index in [0.717, 1.165) is 19.0 Å². The number of hydrogen-bond acceptors (Lipinski definition) is 4. The van der Waals surface area contributed by atoms with E-state index in [0.29, 0.717) is 0 Å². The first kappa shape index (κ1) is 52.6. The van der Waals surface area contributed by atoms with Crippen molar-refractivity contribution in [1.82, 2.24) is 0 Å². The van der Waals surface area contributed by atoms with Crippen LogP contribution in [-0.4, -0.2) is 40.3 Å². The fraction of sp³-hybridized carbons (Fsp3) is 1.00. The van der Waals surface area contributed by atoms with E-state index in [1.165, 1.54) is 19.3 Å². The molecule has 0 bridgehead atoms. The molecule has 0 aliphatic rings. The van der Waals surface area contributed by atoms with Gasteiger partial charge in [-0.3, -0.25) is 0 Å². The van der Waals surface area contributed by atoms with Crippen molar-refractivity contribution in [2.75, 3.05) is 6.54 Å². The molecule has 0 fully saturated rings. The molecule has 1 atom stereocenters. The molecule has 30 heavy (non-hydrogen) atoms. The summed E-state index contributed by atoms with van der Waals surface area (Å²) in [6, 6.07) is 1.06.